The van der Waals surface area contributed by atoms with Crippen molar-refractivity contribution in [2.75, 3.05) is 37.7 Å². The van der Waals surface area contributed by atoms with Crippen LogP contribution in [-0.4, -0.2) is 59.5 Å². The number of thioether (sulfide) groups is 1. The molecule has 182 valence electrons. The number of amides is 1. The summed E-state index contributed by atoms with van der Waals surface area (Å²) in [5.41, 5.74) is 2.85. The fourth-order valence-electron chi connectivity index (χ4n) is 4.50. The first kappa shape index (κ1) is 24.5. The molecule has 1 amide bonds. The molecule has 4 rings (SSSR count). The van der Waals surface area contributed by atoms with E-state index < -0.39 is 0 Å². The van der Waals surface area contributed by atoms with E-state index in [0.29, 0.717) is 25.3 Å². The Morgan fingerprint density at radius 3 is 2.53 bits per heavy atom. The minimum atomic E-state index is -0.224. The van der Waals surface area contributed by atoms with Gasteiger partial charge in [-0.25, -0.2) is 9.97 Å². The number of esters is 1. The van der Waals surface area contributed by atoms with Crippen molar-refractivity contribution >= 4 is 29.5 Å². The van der Waals surface area contributed by atoms with Crippen LogP contribution in [0.4, 0.5) is 5.82 Å². The Hall–Kier alpha value is -2.61. The highest BCUT2D eigenvalue weighted by molar-refractivity contribution is 7.98. The Morgan fingerprint density at radius 2 is 1.82 bits per heavy atom. The van der Waals surface area contributed by atoms with E-state index in [-0.39, 0.29) is 17.8 Å². The number of likely N-dealkylation sites (tertiary alicyclic amines) is 1. The summed E-state index contributed by atoms with van der Waals surface area (Å²) in [5, 5.41) is 0.805. The van der Waals surface area contributed by atoms with Crippen molar-refractivity contribution in [1.29, 1.82) is 0 Å². The van der Waals surface area contributed by atoms with Crippen molar-refractivity contribution in [3.8, 4) is 0 Å². The molecule has 8 heteroatoms. The lowest BCUT2D eigenvalue weighted by Crippen LogP contribution is -2.42. The molecule has 0 spiro atoms. The highest BCUT2D eigenvalue weighted by Crippen LogP contribution is 2.26. The third kappa shape index (κ3) is 6.09. The van der Waals surface area contributed by atoms with Gasteiger partial charge in [-0.15, -0.1) is 0 Å². The fraction of sp³-hybridized carbons (Fsp3) is 0.538. The number of aryl methyl sites for hydroxylation is 1. The Morgan fingerprint density at radius 1 is 1.06 bits per heavy atom. The first-order valence-electron chi connectivity index (χ1n) is 12.4. The average Bonchev–Trinajstić information content (AvgIpc) is 3.43. The van der Waals surface area contributed by atoms with Gasteiger partial charge in [0, 0.05) is 49.3 Å². The lowest BCUT2D eigenvalue weighted by atomic mass is 9.97. The van der Waals surface area contributed by atoms with Gasteiger partial charge >= 0.3 is 5.97 Å². The molecule has 2 aliphatic heterocycles. The van der Waals surface area contributed by atoms with Crippen LogP contribution >= 0.6 is 11.8 Å². The largest absolute Gasteiger partial charge is 0.466 e. The Kier molecular flexibility index (Phi) is 8.43. The molecule has 2 saturated heterocycles. The lowest BCUT2D eigenvalue weighted by Gasteiger charge is -2.31. The van der Waals surface area contributed by atoms with Crippen molar-refractivity contribution in [2.24, 2.45) is 5.92 Å². The number of carbonyl (C=O) groups excluding carboxylic acids is 2. The van der Waals surface area contributed by atoms with Crippen LogP contribution in [0.5, 0.6) is 0 Å². The Balaban J connectivity index is 1.36. The molecule has 2 fully saturated rings. The number of hydrogen-bond acceptors (Lipinski definition) is 7. The van der Waals surface area contributed by atoms with E-state index in [0.717, 1.165) is 60.3 Å². The zero-order chi connectivity index (χ0) is 23.9. The van der Waals surface area contributed by atoms with Gasteiger partial charge in [-0.1, -0.05) is 30.8 Å². The molecule has 0 radical (unpaired) electrons. The molecule has 2 aliphatic rings. The average molecular weight is 483 g/mol. The predicted molar refractivity (Wildman–Crippen MR) is 134 cm³/mol. The summed E-state index contributed by atoms with van der Waals surface area (Å²) in [6, 6.07) is 9.87. The Bertz CT molecular complexity index is 992. The lowest BCUT2D eigenvalue weighted by molar-refractivity contribution is -0.149. The number of aromatic nitrogens is 2. The van der Waals surface area contributed by atoms with Gasteiger partial charge in [-0.2, -0.15) is 0 Å². The fourth-order valence-corrected chi connectivity index (χ4v) is 5.33. The molecule has 0 unspecified atom stereocenters. The molecule has 34 heavy (non-hydrogen) atoms. The first-order valence-corrected chi connectivity index (χ1v) is 13.4. The first-order chi connectivity index (χ1) is 16.6. The highest BCUT2D eigenvalue weighted by Gasteiger charge is 2.29. The number of anilines is 1. The second kappa shape index (κ2) is 11.7. The zero-order valence-electron chi connectivity index (χ0n) is 20.2. The number of hydrogen-bond donors (Lipinski definition) is 0. The van der Waals surface area contributed by atoms with E-state index in [1.807, 2.05) is 31.2 Å². The van der Waals surface area contributed by atoms with Gasteiger partial charge in [0.2, 0.25) is 0 Å². The number of carbonyl (C=O) groups is 2. The smallest absolute Gasteiger partial charge is 0.310 e. The minimum absolute atomic E-state index is 0.0255. The van der Waals surface area contributed by atoms with Crippen LogP contribution in [0.2, 0.25) is 0 Å². The quantitative estimate of drug-likeness (QED) is 0.315. The summed E-state index contributed by atoms with van der Waals surface area (Å²) in [7, 11) is 0. The summed E-state index contributed by atoms with van der Waals surface area (Å²) < 4.78 is 5.15. The van der Waals surface area contributed by atoms with Crippen LogP contribution in [0.15, 0.2) is 35.5 Å². The zero-order valence-corrected chi connectivity index (χ0v) is 21.0. The minimum Gasteiger partial charge on any atom is -0.466 e. The van der Waals surface area contributed by atoms with E-state index in [1.165, 1.54) is 12.8 Å². The highest BCUT2D eigenvalue weighted by atomic mass is 32.2. The number of benzene rings is 1. The molecular formula is C26H34N4O3S. The standard InChI is InChI=1S/C26H34N4O3S/c1-3-22-16-23(29-13-5-6-14-29)28-26(27-22)34-18-19-9-11-20(12-10-19)24(31)30-15-7-8-21(17-30)25(32)33-4-2/h9-12,16,21H,3-8,13-15,17-18H2,1-2H3/t21-/m1/s1. The summed E-state index contributed by atoms with van der Waals surface area (Å²) in [6.45, 7) is 7.54. The maximum Gasteiger partial charge on any atom is 0.310 e. The molecule has 1 aromatic heterocycles. The van der Waals surface area contributed by atoms with Gasteiger partial charge in [-0.3, -0.25) is 9.59 Å². The molecule has 1 aromatic carbocycles. The number of nitrogens with zero attached hydrogens (tertiary/aromatic N) is 4. The van der Waals surface area contributed by atoms with Gasteiger partial charge in [-0.05, 0) is 56.7 Å². The van der Waals surface area contributed by atoms with Crippen molar-refractivity contribution in [1.82, 2.24) is 14.9 Å². The van der Waals surface area contributed by atoms with Crippen LogP contribution in [0, 0.1) is 5.92 Å². The molecular weight excluding hydrogens is 448 g/mol. The van der Waals surface area contributed by atoms with E-state index in [9.17, 15) is 9.59 Å². The van der Waals surface area contributed by atoms with Gasteiger partial charge in [0.05, 0.1) is 12.5 Å². The summed E-state index contributed by atoms with van der Waals surface area (Å²) in [5.74, 6) is 1.33. The van der Waals surface area contributed by atoms with Crippen molar-refractivity contribution in [3.63, 3.8) is 0 Å². The molecule has 0 aliphatic carbocycles. The summed E-state index contributed by atoms with van der Waals surface area (Å²) in [4.78, 5) is 38.7. The number of ether oxygens (including phenoxy) is 1. The molecule has 7 nitrogen and oxygen atoms in total. The maximum absolute atomic E-state index is 13.0. The number of piperidine rings is 1. The van der Waals surface area contributed by atoms with Gasteiger partial charge in [0.1, 0.15) is 5.82 Å². The molecule has 1 atom stereocenters. The van der Waals surface area contributed by atoms with Crippen LogP contribution in [-0.2, 0) is 21.7 Å². The van der Waals surface area contributed by atoms with Gasteiger partial charge in [0.15, 0.2) is 5.16 Å². The second-order valence-electron chi connectivity index (χ2n) is 8.88. The van der Waals surface area contributed by atoms with Crippen LogP contribution in [0.25, 0.3) is 0 Å². The normalized spacial score (nSPS) is 18.2. The molecule has 0 N–H and O–H groups in total. The van der Waals surface area contributed by atoms with Crippen LogP contribution in [0.1, 0.15) is 61.1 Å². The summed E-state index contributed by atoms with van der Waals surface area (Å²) in [6.07, 6.45) is 4.93. The van der Waals surface area contributed by atoms with Crippen LogP contribution in [0.3, 0.4) is 0 Å². The SMILES string of the molecule is CCOC(=O)[C@@H]1CCCN(C(=O)c2ccc(CSc3nc(CC)cc(N4CCCC4)n3)cc2)C1. The third-order valence-corrected chi connectivity index (χ3v) is 7.35. The summed E-state index contributed by atoms with van der Waals surface area (Å²) >= 11 is 1.63. The molecule has 3 heterocycles. The molecule has 0 bridgehead atoms. The molecule has 0 saturated carbocycles. The van der Waals surface area contributed by atoms with Crippen LogP contribution < -0.4 is 4.90 Å². The van der Waals surface area contributed by atoms with E-state index in [4.69, 9.17) is 14.7 Å². The van der Waals surface area contributed by atoms with Gasteiger partial charge < -0.3 is 14.5 Å². The van der Waals surface area contributed by atoms with E-state index in [2.05, 4.69) is 17.9 Å². The van der Waals surface area contributed by atoms with E-state index in [1.54, 1.807) is 16.7 Å². The third-order valence-electron chi connectivity index (χ3n) is 6.43. The van der Waals surface area contributed by atoms with E-state index >= 15 is 0 Å². The topological polar surface area (TPSA) is 75.6 Å². The maximum atomic E-state index is 13.0. The molecule has 2 aromatic rings. The van der Waals surface area contributed by atoms with Crippen molar-refractivity contribution in [2.45, 2.75) is 56.9 Å². The monoisotopic (exact) mass is 482 g/mol. The van der Waals surface area contributed by atoms with Gasteiger partial charge in [0.25, 0.3) is 5.91 Å². The predicted octanol–water partition coefficient (Wildman–Crippen LogP) is 4.35. The second-order valence-corrected chi connectivity index (χ2v) is 9.82. The Labute approximate surface area is 206 Å². The number of rotatable bonds is 8. The van der Waals surface area contributed by atoms with Crippen molar-refractivity contribution < 1.29 is 14.3 Å². The van der Waals surface area contributed by atoms with Crippen molar-refractivity contribution in [3.05, 3.63) is 47.2 Å².